The van der Waals surface area contributed by atoms with Gasteiger partial charge in [-0.2, -0.15) is 10.4 Å². The molecule has 8 heteroatoms. The molecular weight excluding hydrogens is 438 g/mol. The van der Waals surface area contributed by atoms with Gasteiger partial charge in [0.15, 0.2) is 5.69 Å². The lowest BCUT2D eigenvalue weighted by atomic mass is 9.86. The van der Waals surface area contributed by atoms with Gasteiger partial charge in [0.1, 0.15) is 6.04 Å². The first kappa shape index (κ1) is 22.8. The fourth-order valence-corrected chi connectivity index (χ4v) is 3.99. The molecule has 1 fully saturated rings. The number of hydrogen-bond acceptors (Lipinski definition) is 4. The zero-order valence-electron chi connectivity index (χ0n) is 18.9. The number of benzene rings is 2. The van der Waals surface area contributed by atoms with E-state index in [2.05, 4.69) is 21.8 Å². The Kier molecular flexibility index (Phi) is 6.13. The molecule has 170 valence electrons. The van der Waals surface area contributed by atoms with E-state index in [0.29, 0.717) is 28.0 Å². The smallest absolute Gasteiger partial charge is 0.273 e. The summed E-state index contributed by atoms with van der Waals surface area (Å²) in [5.41, 5.74) is 1.87. The maximum absolute atomic E-state index is 13.3. The van der Waals surface area contributed by atoms with Gasteiger partial charge in [-0.3, -0.25) is 14.3 Å². The van der Waals surface area contributed by atoms with E-state index in [4.69, 9.17) is 16.9 Å². The van der Waals surface area contributed by atoms with Crippen molar-refractivity contribution in [1.29, 1.82) is 5.26 Å². The lowest BCUT2D eigenvalue weighted by Crippen LogP contribution is -2.54. The summed E-state index contributed by atoms with van der Waals surface area (Å²) < 4.78 is 1.68. The summed E-state index contributed by atoms with van der Waals surface area (Å²) in [6, 6.07) is 14.1. The summed E-state index contributed by atoms with van der Waals surface area (Å²) in [5.74, 6) is -0.607. The highest BCUT2D eigenvalue weighted by Gasteiger charge is 2.36. The molecule has 0 aliphatic heterocycles. The van der Waals surface area contributed by atoms with Crippen LogP contribution in [0.1, 0.15) is 55.2 Å². The van der Waals surface area contributed by atoms with Gasteiger partial charge in [0, 0.05) is 11.4 Å². The van der Waals surface area contributed by atoms with Crippen LogP contribution in [-0.2, 0) is 11.3 Å². The topological polar surface area (TPSA) is 99.8 Å². The molecule has 0 saturated heterocycles. The molecule has 1 aliphatic rings. The Morgan fingerprint density at radius 1 is 1.21 bits per heavy atom. The number of amides is 2. The number of nitriles is 1. The van der Waals surface area contributed by atoms with E-state index in [1.54, 1.807) is 35.0 Å². The summed E-state index contributed by atoms with van der Waals surface area (Å²) in [6.07, 6.45) is 1.94. The number of carbonyl (C=O) groups is 2. The number of hydrogen-bond donors (Lipinski definition) is 2. The van der Waals surface area contributed by atoms with Gasteiger partial charge in [-0.25, -0.2) is 0 Å². The highest BCUT2D eigenvalue weighted by atomic mass is 35.5. The lowest BCUT2D eigenvalue weighted by Gasteiger charge is -2.30. The van der Waals surface area contributed by atoms with Crippen molar-refractivity contribution in [1.82, 2.24) is 20.4 Å². The SMILES string of the molecule is CC(C)(C)[C@H](NC(=O)c1nn(Cc2ccc(C#N)cc2)c2c(Cl)cccc12)C(=O)NC1CC1. The van der Waals surface area contributed by atoms with Crippen LogP contribution in [0.4, 0.5) is 0 Å². The second-order valence-corrected chi connectivity index (χ2v) is 9.91. The van der Waals surface area contributed by atoms with Gasteiger partial charge >= 0.3 is 0 Å². The van der Waals surface area contributed by atoms with Gasteiger partial charge in [-0.05, 0) is 42.0 Å². The maximum Gasteiger partial charge on any atom is 0.273 e. The predicted octanol–water partition coefficient (Wildman–Crippen LogP) is 4.03. The van der Waals surface area contributed by atoms with E-state index < -0.39 is 17.4 Å². The minimum atomic E-state index is -0.705. The van der Waals surface area contributed by atoms with Crippen LogP contribution < -0.4 is 10.6 Å². The summed E-state index contributed by atoms with van der Waals surface area (Å²) in [7, 11) is 0. The molecule has 33 heavy (non-hydrogen) atoms. The summed E-state index contributed by atoms with van der Waals surface area (Å²) in [5, 5.41) is 20.6. The molecule has 0 radical (unpaired) electrons. The standard InChI is InChI=1S/C25H26ClN5O2/c1-25(2,3)22(24(33)28-17-11-12-17)29-23(32)20-18-5-4-6-19(26)21(18)31(30-20)14-16-9-7-15(13-27)8-10-16/h4-10,17,22H,11-12,14H2,1-3H3,(H,28,33)(H,29,32)/t22-/m1/s1. The van der Waals surface area contributed by atoms with Crippen molar-refractivity contribution >= 4 is 34.3 Å². The average Bonchev–Trinajstić information content (AvgIpc) is 3.50. The zero-order valence-corrected chi connectivity index (χ0v) is 19.6. The molecule has 2 aromatic carbocycles. The maximum atomic E-state index is 13.3. The van der Waals surface area contributed by atoms with Crippen molar-refractivity contribution < 1.29 is 9.59 Å². The van der Waals surface area contributed by atoms with E-state index in [-0.39, 0.29) is 17.6 Å². The second-order valence-electron chi connectivity index (χ2n) is 9.51. The number of carbonyl (C=O) groups excluding carboxylic acids is 2. The Hall–Kier alpha value is -3.37. The fourth-order valence-electron chi connectivity index (χ4n) is 3.72. The third-order valence-corrected chi connectivity index (χ3v) is 5.98. The molecule has 1 aromatic heterocycles. The molecule has 3 aromatic rings. The van der Waals surface area contributed by atoms with Crippen molar-refractivity contribution in [2.45, 2.75) is 52.2 Å². The lowest BCUT2D eigenvalue weighted by molar-refractivity contribution is -0.125. The number of rotatable bonds is 6. The molecule has 1 aliphatic carbocycles. The third kappa shape index (κ3) is 5.01. The third-order valence-electron chi connectivity index (χ3n) is 5.68. The van der Waals surface area contributed by atoms with Crippen molar-refractivity contribution in [3.8, 4) is 6.07 Å². The van der Waals surface area contributed by atoms with Gasteiger partial charge in [-0.1, -0.05) is 56.6 Å². The average molecular weight is 464 g/mol. The van der Waals surface area contributed by atoms with Crippen LogP contribution >= 0.6 is 11.6 Å². The Balaban J connectivity index is 1.66. The first-order chi connectivity index (χ1) is 15.7. The quantitative estimate of drug-likeness (QED) is 0.576. The minimum absolute atomic E-state index is 0.183. The van der Waals surface area contributed by atoms with Crippen LogP contribution in [0.25, 0.3) is 10.9 Å². The molecule has 2 amide bonds. The molecule has 0 bridgehead atoms. The predicted molar refractivity (Wildman–Crippen MR) is 127 cm³/mol. The van der Waals surface area contributed by atoms with Gasteiger partial charge in [0.25, 0.3) is 5.91 Å². The molecule has 4 rings (SSSR count). The monoisotopic (exact) mass is 463 g/mol. The molecule has 1 heterocycles. The van der Waals surface area contributed by atoms with Gasteiger partial charge in [0.2, 0.25) is 5.91 Å². The van der Waals surface area contributed by atoms with Crippen LogP contribution in [-0.4, -0.2) is 33.7 Å². The second kappa shape index (κ2) is 8.87. The van der Waals surface area contributed by atoms with E-state index in [9.17, 15) is 9.59 Å². The number of halogens is 1. The number of para-hydroxylation sites is 1. The molecule has 2 N–H and O–H groups in total. The first-order valence-corrected chi connectivity index (χ1v) is 11.3. The van der Waals surface area contributed by atoms with Crippen LogP contribution in [0, 0.1) is 16.7 Å². The van der Waals surface area contributed by atoms with Crippen LogP contribution in [0.15, 0.2) is 42.5 Å². The largest absolute Gasteiger partial charge is 0.352 e. The Morgan fingerprint density at radius 3 is 2.52 bits per heavy atom. The molecule has 0 unspecified atom stereocenters. The van der Waals surface area contributed by atoms with Crippen LogP contribution in [0.2, 0.25) is 5.02 Å². The number of nitrogens with one attached hydrogen (secondary N) is 2. The Morgan fingerprint density at radius 2 is 1.91 bits per heavy atom. The van der Waals surface area contributed by atoms with E-state index in [1.165, 1.54) is 0 Å². The van der Waals surface area contributed by atoms with E-state index in [0.717, 1.165) is 18.4 Å². The fraction of sp³-hybridized carbons (Fsp3) is 0.360. The number of fused-ring (bicyclic) bond motifs is 1. The van der Waals surface area contributed by atoms with Gasteiger partial charge in [0.05, 0.1) is 28.7 Å². The van der Waals surface area contributed by atoms with E-state index in [1.807, 2.05) is 32.9 Å². The van der Waals surface area contributed by atoms with Crippen molar-refractivity contribution in [3.05, 3.63) is 64.3 Å². The van der Waals surface area contributed by atoms with Crippen molar-refractivity contribution in [2.75, 3.05) is 0 Å². The van der Waals surface area contributed by atoms with Gasteiger partial charge < -0.3 is 10.6 Å². The molecule has 0 spiro atoms. The summed E-state index contributed by atoms with van der Waals surface area (Å²) >= 11 is 6.49. The Labute approximate surface area is 197 Å². The number of nitrogens with zero attached hydrogens (tertiary/aromatic N) is 3. The summed E-state index contributed by atoms with van der Waals surface area (Å²) in [6.45, 7) is 6.14. The number of aromatic nitrogens is 2. The zero-order chi connectivity index (χ0) is 23.8. The van der Waals surface area contributed by atoms with Crippen molar-refractivity contribution in [3.63, 3.8) is 0 Å². The minimum Gasteiger partial charge on any atom is -0.352 e. The highest BCUT2D eigenvalue weighted by Crippen LogP contribution is 2.28. The van der Waals surface area contributed by atoms with Crippen LogP contribution in [0.3, 0.4) is 0 Å². The van der Waals surface area contributed by atoms with Crippen LogP contribution in [0.5, 0.6) is 0 Å². The molecule has 1 saturated carbocycles. The molecule has 7 nitrogen and oxygen atoms in total. The molecular formula is C25H26ClN5O2. The van der Waals surface area contributed by atoms with Gasteiger partial charge in [-0.15, -0.1) is 0 Å². The molecule has 1 atom stereocenters. The highest BCUT2D eigenvalue weighted by molar-refractivity contribution is 6.35. The summed E-state index contributed by atoms with van der Waals surface area (Å²) in [4.78, 5) is 26.2. The first-order valence-electron chi connectivity index (χ1n) is 10.9. The van der Waals surface area contributed by atoms with E-state index >= 15 is 0 Å². The normalized spacial score (nSPS) is 14.5. The van der Waals surface area contributed by atoms with Crippen molar-refractivity contribution in [2.24, 2.45) is 5.41 Å². The Bertz CT molecular complexity index is 1250.